The molecule has 0 heterocycles. The number of hydrogen-bond donors (Lipinski definition) is 1. The number of carboxylic acids is 1. The summed E-state index contributed by atoms with van der Waals surface area (Å²) in [7, 11) is 5.97. The summed E-state index contributed by atoms with van der Waals surface area (Å²) >= 11 is 0. The highest BCUT2D eigenvalue weighted by atomic mass is 16.7. The van der Waals surface area contributed by atoms with Gasteiger partial charge in [-0.25, -0.2) is 4.79 Å². The third kappa shape index (κ3) is 48.0. The molecule has 0 aliphatic carbocycles. The minimum absolute atomic E-state index is 0.176. The third-order valence-corrected chi connectivity index (χ3v) is 12.3. The van der Waals surface area contributed by atoms with E-state index in [4.69, 9.17) is 18.9 Å². The molecular weight excluding hydrogens is 803 g/mol. The van der Waals surface area contributed by atoms with Gasteiger partial charge >= 0.3 is 17.9 Å². The van der Waals surface area contributed by atoms with Crippen LogP contribution in [0.3, 0.4) is 0 Å². The molecule has 0 aromatic carbocycles. The predicted molar refractivity (Wildman–Crippen MR) is 268 cm³/mol. The number of ether oxygens (including phenoxy) is 4. The van der Waals surface area contributed by atoms with Crippen LogP contribution in [0.4, 0.5) is 0 Å². The fourth-order valence-corrected chi connectivity index (χ4v) is 8.01. The molecule has 9 heteroatoms. The second-order valence-corrected chi connectivity index (χ2v) is 19.9. The Morgan fingerprint density at radius 2 is 0.797 bits per heavy atom. The van der Waals surface area contributed by atoms with E-state index in [-0.39, 0.29) is 32.2 Å². The molecule has 2 atom stereocenters. The van der Waals surface area contributed by atoms with Crippen molar-refractivity contribution in [3.8, 4) is 0 Å². The molecule has 0 aliphatic rings. The quantitative estimate of drug-likeness (QED) is 0.0211. The molecule has 2 unspecified atom stereocenters. The Morgan fingerprint density at radius 1 is 0.453 bits per heavy atom. The first-order chi connectivity index (χ1) is 31.1. The van der Waals surface area contributed by atoms with Crippen LogP contribution < -0.4 is 0 Å². The molecule has 9 nitrogen and oxygen atoms in total. The Labute approximate surface area is 395 Å². The van der Waals surface area contributed by atoms with Crippen molar-refractivity contribution >= 4 is 17.9 Å². The van der Waals surface area contributed by atoms with Gasteiger partial charge in [-0.1, -0.05) is 225 Å². The lowest BCUT2D eigenvalue weighted by Crippen LogP contribution is -2.40. The molecular formula is C55H106NO8+. The SMILES string of the molecule is CCCCCCCCCC/C=C\CCCCCCCCCCCC(=O)OC(COC(=O)CCCCCCCCCCCCCCCCCCCC)COC(OCC[N+](C)(C)C)C(=O)O. The average molecular weight is 909 g/mol. The van der Waals surface area contributed by atoms with Gasteiger partial charge in [-0.3, -0.25) is 9.59 Å². The van der Waals surface area contributed by atoms with Crippen LogP contribution in [0.1, 0.15) is 264 Å². The number of unbranched alkanes of at least 4 members (excludes halogenated alkanes) is 34. The summed E-state index contributed by atoms with van der Waals surface area (Å²) < 4.78 is 22.9. The van der Waals surface area contributed by atoms with Gasteiger partial charge in [0.05, 0.1) is 34.4 Å². The maximum Gasteiger partial charge on any atom is 0.361 e. The summed E-state index contributed by atoms with van der Waals surface area (Å²) in [4.78, 5) is 37.3. The zero-order valence-electron chi connectivity index (χ0n) is 43.0. The van der Waals surface area contributed by atoms with Gasteiger partial charge in [-0.15, -0.1) is 0 Å². The van der Waals surface area contributed by atoms with Gasteiger partial charge in [-0.2, -0.15) is 0 Å². The van der Waals surface area contributed by atoms with Crippen molar-refractivity contribution in [1.82, 2.24) is 0 Å². The number of allylic oxidation sites excluding steroid dienone is 2. The van der Waals surface area contributed by atoms with Crippen molar-refractivity contribution < 1.29 is 42.9 Å². The number of likely N-dealkylation sites (N-methyl/N-ethyl adjacent to an activating group) is 1. The van der Waals surface area contributed by atoms with Crippen LogP contribution >= 0.6 is 0 Å². The van der Waals surface area contributed by atoms with Crippen LogP contribution in [0.25, 0.3) is 0 Å². The van der Waals surface area contributed by atoms with Gasteiger partial charge in [0.25, 0.3) is 6.29 Å². The molecule has 0 bridgehead atoms. The van der Waals surface area contributed by atoms with Crippen molar-refractivity contribution in [3.63, 3.8) is 0 Å². The van der Waals surface area contributed by atoms with Gasteiger partial charge in [0, 0.05) is 12.8 Å². The molecule has 64 heavy (non-hydrogen) atoms. The van der Waals surface area contributed by atoms with E-state index in [0.717, 1.165) is 38.5 Å². The molecule has 0 fully saturated rings. The molecule has 0 spiro atoms. The molecule has 0 saturated heterocycles. The largest absolute Gasteiger partial charge is 0.477 e. The number of quaternary nitrogens is 1. The summed E-state index contributed by atoms with van der Waals surface area (Å²) in [6, 6.07) is 0. The lowest BCUT2D eigenvalue weighted by Gasteiger charge is -2.25. The highest BCUT2D eigenvalue weighted by Crippen LogP contribution is 2.17. The Kier molecular flexibility index (Phi) is 46.1. The lowest BCUT2D eigenvalue weighted by molar-refractivity contribution is -0.870. The van der Waals surface area contributed by atoms with Crippen LogP contribution in [0.2, 0.25) is 0 Å². The third-order valence-electron chi connectivity index (χ3n) is 12.3. The number of nitrogens with zero attached hydrogens (tertiary/aromatic N) is 1. The van der Waals surface area contributed by atoms with Gasteiger partial charge in [0.2, 0.25) is 0 Å². The smallest absolute Gasteiger partial charge is 0.361 e. The van der Waals surface area contributed by atoms with Gasteiger partial charge < -0.3 is 28.5 Å². The Bertz CT molecular complexity index is 1060. The zero-order chi connectivity index (χ0) is 47.0. The van der Waals surface area contributed by atoms with Crippen molar-refractivity contribution in [2.45, 2.75) is 277 Å². The van der Waals surface area contributed by atoms with E-state index in [9.17, 15) is 19.5 Å². The van der Waals surface area contributed by atoms with Gasteiger partial charge in [-0.05, 0) is 38.5 Å². The lowest BCUT2D eigenvalue weighted by atomic mass is 10.0. The molecule has 0 aromatic heterocycles. The van der Waals surface area contributed by atoms with E-state index >= 15 is 0 Å². The van der Waals surface area contributed by atoms with Gasteiger partial charge in [0.1, 0.15) is 13.2 Å². The normalized spacial score (nSPS) is 12.8. The average Bonchev–Trinajstić information content (AvgIpc) is 3.26. The fourth-order valence-electron chi connectivity index (χ4n) is 8.01. The molecule has 0 aliphatic heterocycles. The molecule has 378 valence electrons. The molecule has 0 aromatic rings. The second kappa shape index (κ2) is 47.5. The molecule has 0 rings (SSSR count). The highest BCUT2D eigenvalue weighted by Gasteiger charge is 2.25. The number of aliphatic carboxylic acids is 1. The molecule has 0 saturated carbocycles. The van der Waals surface area contributed by atoms with Crippen molar-refractivity contribution in [3.05, 3.63) is 12.2 Å². The van der Waals surface area contributed by atoms with Crippen LogP contribution in [0.15, 0.2) is 12.2 Å². The van der Waals surface area contributed by atoms with Crippen molar-refractivity contribution in [1.29, 1.82) is 0 Å². The minimum Gasteiger partial charge on any atom is -0.477 e. The summed E-state index contributed by atoms with van der Waals surface area (Å²) in [5.41, 5.74) is 0. The van der Waals surface area contributed by atoms with Crippen LogP contribution in [-0.4, -0.2) is 87.4 Å². The molecule has 1 N–H and O–H groups in total. The van der Waals surface area contributed by atoms with Crippen molar-refractivity contribution in [2.24, 2.45) is 0 Å². The highest BCUT2D eigenvalue weighted by molar-refractivity contribution is 5.71. The van der Waals surface area contributed by atoms with E-state index in [2.05, 4.69) is 26.0 Å². The number of hydrogen-bond acceptors (Lipinski definition) is 7. The van der Waals surface area contributed by atoms with E-state index in [1.807, 2.05) is 21.1 Å². The summed E-state index contributed by atoms with van der Waals surface area (Å²) in [5.74, 6) is -1.99. The Hall–Kier alpha value is -1.97. The maximum atomic E-state index is 12.8. The first-order valence-corrected chi connectivity index (χ1v) is 27.4. The minimum atomic E-state index is -1.51. The number of rotatable bonds is 51. The van der Waals surface area contributed by atoms with Gasteiger partial charge in [0.15, 0.2) is 6.10 Å². The summed E-state index contributed by atoms with van der Waals surface area (Å²) in [6.45, 7) is 4.92. The monoisotopic (exact) mass is 909 g/mol. The van der Waals surface area contributed by atoms with Crippen molar-refractivity contribution in [2.75, 3.05) is 47.5 Å². The van der Waals surface area contributed by atoms with Crippen LogP contribution in [0, 0.1) is 0 Å². The molecule has 0 radical (unpaired) electrons. The van der Waals surface area contributed by atoms with E-state index < -0.39 is 24.3 Å². The second-order valence-electron chi connectivity index (χ2n) is 19.9. The Morgan fingerprint density at radius 3 is 1.16 bits per heavy atom. The van der Waals surface area contributed by atoms with E-state index in [1.165, 1.54) is 199 Å². The topological polar surface area (TPSA) is 108 Å². The number of carboxylic acid groups (broad SMARTS) is 1. The Balaban J connectivity index is 4.27. The van der Waals surface area contributed by atoms with Crippen LogP contribution in [0.5, 0.6) is 0 Å². The fraction of sp³-hybridized carbons (Fsp3) is 0.909. The number of carbonyl (C=O) groups excluding carboxylic acids is 2. The standard InChI is InChI=1S/C55H105NO8/c1-6-8-10-12-14-16-18-20-22-24-26-27-28-30-32-34-36-38-40-42-44-46-53(58)64-51(50-63-55(54(59)60)61-48-47-56(3,4)5)49-62-52(57)45-43-41-39-37-35-33-31-29-25-23-21-19-17-15-13-11-9-7-2/h24,26,51,55H,6-23,25,27-50H2,1-5H3/p+1/b26-24-. The van der Waals surface area contributed by atoms with E-state index in [0.29, 0.717) is 17.4 Å². The van der Waals surface area contributed by atoms with Crippen LogP contribution in [-0.2, 0) is 33.3 Å². The first-order valence-electron chi connectivity index (χ1n) is 27.4. The number of carbonyl (C=O) groups is 3. The zero-order valence-corrected chi connectivity index (χ0v) is 43.0. The first kappa shape index (κ1) is 62.0. The molecule has 0 amide bonds. The summed E-state index contributed by atoms with van der Waals surface area (Å²) in [5, 5.41) is 9.68. The predicted octanol–water partition coefficient (Wildman–Crippen LogP) is 15.4. The number of esters is 2. The maximum absolute atomic E-state index is 12.8. The van der Waals surface area contributed by atoms with E-state index in [1.54, 1.807) is 0 Å². The summed E-state index contributed by atoms with van der Waals surface area (Å²) in [6.07, 6.45) is 49.9.